The molecule has 0 atom stereocenters. The van der Waals surface area contributed by atoms with Crippen LogP contribution in [-0.2, 0) is 4.79 Å². The zero-order valence-corrected chi connectivity index (χ0v) is 33.6. The molecule has 49 heavy (non-hydrogen) atoms. The highest BCUT2D eigenvalue weighted by Crippen LogP contribution is 2.31. The average molecular weight is 680 g/mol. The summed E-state index contributed by atoms with van der Waals surface area (Å²) in [7, 11) is 4.39. The van der Waals surface area contributed by atoms with Crippen LogP contribution in [0.4, 0.5) is 0 Å². The molecule has 1 saturated carbocycles. The van der Waals surface area contributed by atoms with Crippen molar-refractivity contribution in [2.75, 3.05) is 14.1 Å². The van der Waals surface area contributed by atoms with Crippen LogP contribution < -0.4 is 0 Å². The minimum atomic E-state index is 0.338. The van der Waals surface area contributed by atoms with Gasteiger partial charge in [0.05, 0.1) is 0 Å². The number of nitrogens with zero attached hydrogens (tertiary/aromatic N) is 1. The smallest absolute Gasteiger partial charge is 0.136 e. The lowest BCUT2D eigenvalue weighted by Crippen LogP contribution is -2.34. The number of carbonyl (C=O) groups excluding carboxylic acids is 1. The third-order valence-electron chi connectivity index (χ3n) is 11.0. The second kappa shape index (κ2) is 35.0. The van der Waals surface area contributed by atoms with E-state index in [-0.39, 0.29) is 0 Å². The SMILES string of the molecule is CCCCC/C=C\C/C=C\CCCCCCCCC(CCCCCCCC/C=C\C/C=C\CCCCC)CC(=O)C1CCC(N(C)C)CC1. The lowest BCUT2D eigenvalue weighted by Gasteiger charge is -2.32. The fraction of sp³-hybridized carbons (Fsp3) is 0.809. The van der Waals surface area contributed by atoms with Crippen molar-refractivity contribution in [1.29, 1.82) is 0 Å². The first-order valence-electron chi connectivity index (χ1n) is 21.9. The molecule has 0 aromatic heterocycles. The van der Waals surface area contributed by atoms with E-state index in [1.165, 1.54) is 167 Å². The van der Waals surface area contributed by atoms with E-state index in [2.05, 4.69) is 81.5 Å². The second-order valence-corrected chi connectivity index (χ2v) is 15.8. The number of ketones is 1. The summed E-state index contributed by atoms with van der Waals surface area (Å²) in [5, 5.41) is 0. The van der Waals surface area contributed by atoms with E-state index in [1.54, 1.807) is 0 Å². The number of rotatable bonds is 34. The number of hydrogen-bond acceptors (Lipinski definition) is 2. The largest absolute Gasteiger partial charge is 0.306 e. The molecule has 2 heteroatoms. The maximum atomic E-state index is 13.4. The van der Waals surface area contributed by atoms with Crippen molar-refractivity contribution in [2.24, 2.45) is 11.8 Å². The number of allylic oxidation sites excluding steroid dienone is 8. The molecule has 0 saturated heterocycles. The normalized spacial score (nSPS) is 17.3. The molecule has 1 rings (SSSR count). The minimum Gasteiger partial charge on any atom is -0.306 e. The fourth-order valence-corrected chi connectivity index (χ4v) is 7.56. The van der Waals surface area contributed by atoms with Gasteiger partial charge in [0.2, 0.25) is 0 Å². The summed E-state index contributed by atoms with van der Waals surface area (Å²) >= 11 is 0. The first-order valence-corrected chi connectivity index (χ1v) is 21.9. The van der Waals surface area contributed by atoms with E-state index in [1.807, 2.05) is 0 Å². The molecule has 0 radical (unpaired) electrons. The third kappa shape index (κ3) is 28.9. The van der Waals surface area contributed by atoms with Crippen molar-refractivity contribution in [3.8, 4) is 0 Å². The van der Waals surface area contributed by atoms with Crippen LogP contribution in [0.2, 0.25) is 0 Å². The Hall–Kier alpha value is -1.41. The molecular formula is C47H85NO. The predicted octanol–water partition coefficient (Wildman–Crippen LogP) is 15.1. The molecule has 0 aromatic carbocycles. The summed E-state index contributed by atoms with van der Waals surface area (Å²) in [4.78, 5) is 15.8. The van der Waals surface area contributed by atoms with Gasteiger partial charge in [-0.3, -0.25) is 4.79 Å². The summed E-state index contributed by atoms with van der Waals surface area (Å²) < 4.78 is 0. The van der Waals surface area contributed by atoms with Crippen LogP contribution in [0.5, 0.6) is 0 Å². The highest BCUT2D eigenvalue weighted by molar-refractivity contribution is 5.81. The van der Waals surface area contributed by atoms with Crippen LogP contribution in [0.25, 0.3) is 0 Å². The number of Topliss-reactive ketones (excluding diaryl/α,β-unsaturated/α-hetero) is 1. The van der Waals surface area contributed by atoms with Gasteiger partial charge in [0, 0.05) is 18.4 Å². The Labute approximate surface area is 308 Å². The molecule has 1 aliphatic carbocycles. The van der Waals surface area contributed by atoms with Crippen LogP contribution in [0.3, 0.4) is 0 Å². The Bertz CT molecular complexity index is 779. The predicted molar refractivity (Wildman–Crippen MR) is 220 cm³/mol. The topological polar surface area (TPSA) is 20.3 Å². The Kier molecular flexibility index (Phi) is 32.6. The van der Waals surface area contributed by atoms with Crippen LogP contribution in [0.15, 0.2) is 48.6 Å². The maximum Gasteiger partial charge on any atom is 0.136 e. The van der Waals surface area contributed by atoms with Gasteiger partial charge in [-0.25, -0.2) is 0 Å². The van der Waals surface area contributed by atoms with Crippen molar-refractivity contribution < 1.29 is 4.79 Å². The standard InChI is InChI=1S/C47H85NO/c1-5-7-9-11-13-15-17-19-21-23-25-27-29-31-33-35-37-44(43-47(49)45-39-41-46(42-40-45)48(3)4)38-36-34-32-30-28-26-24-22-20-18-16-14-12-10-8-6-2/h13-16,19-22,44-46H,5-12,17-18,23-43H2,1-4H3/b15-13-,16-14-,21-19-,22-20-. The van der Waals surface area contributed by atoms with Crippen LogP contribution in [0.1, 0.15) is 213 Å². The summed E-state index contributed by atoms with van der Waals surface area (Å²) in [5.74, 6) is 1.56. The molecule has 0 bridgehead atoms. The molecule has 1 fully saturated rings. The van der Waals surface area contributed by atoms with Gasteiger partial charge in [-0.05, 0) is 110 Å². The van der Waals surface area contributed by atoms with Gasteiger partial charge in [-0.1, -0.05) is 165 Å². The lowest BCUT2D eigenvalue weighted by molar-refractivity contribution is -0.125. The van der Waals surface area contributed by atoms with Crippen LogP contribution >= 0.6 is 0 Å². The van der Waals surface area contributed by atoms with Crippen molar-refractivity contribution >= 4 is 5.78 Å². The van der Waals surface area contributed by atoms with Crippen molar-refractivity contribution in [1.82, 2.24) is 4.90 Å². The molecule has 0 unspecified atom stereocenters. The highest BCUT2D eigenvalue weighted by Gasteiger charge is 2.28. The summed E-state index contributed by atoms with van der Waals surface area (Å²) in [6.45, 7) is 4.54. The number of unbranched alkanes of at least 4 members (excludes halogenated alkanes) is 18. The fourth-order valence-electron chi connectivity index (χ4n) is 7.56. The van der Waals surface area contributed by atoms with Gasteiger partial charge < -0.3 is 4.90 Å². The molecule has 0 spiro atoms. The monoisotopic (exact) mass is 680 g/mol. The van der Waals surface area contributed by atoms with E-state index < -0.39 is 0 Å². The third-order valence-corrected chi connectivity index (χ3v) is 11.0. The number of carbonyl (C=O) groups is 1. The van der Waals surface area contributed by atoms with Gasteiger partial charge in [0.25, 0.3) is 0 Å². The van der Waals surface area contributed by atoms with Crippen molar-refractivity contribution in [2.45, 2.75) is 219 Å². The molecule has 0 aliphatic heterocycles. The van der Waals surface area contributed by atoms with E-state index in [9.17, 15) is 4.79 Å². The maximum absolute atomic E-state index is 13.4. The Morgan fingerprint density at radius 1 is 0.510 bits per heavy atom. The average Bonchev–Trinajstić information content (AvgIpc) is 3.11. The molecule has 0 aromatic rings. The first kappa shape index (κ1) is 45.6. The zero-order valence-electron chi connectivity index (χ0n) is 33.6. The molecular weight excluding hydrogens is 595 g/mol. The molecule has 1 aliphatic rings. The van der Waals surface area contributed by atoms with Gasteiger partial charge in [0.15, 0.2) is 0 Å². The van der Waals surface area contributed by atoms with Crippen LogP contribution in [0, 0.1) is 11.8 Å². The van der Waals surface area contributed by atoms with Gasteiger partial charge in [-0.2, -0.15) is 0 Å². The Morgan fingerprint density at radius 3 is 1.27 bits per heavy atom. The van der Waals surface area contributed by atoms with Gasteiger partial charge in [-0.15, -0.1) is 0 Å². The van der Waals surface area contributed by atoms with Crippen molar-refractivity contribution in [3.63, 3.8) is 0 Å². The van der Waals surface area contributed by atoms with Gasteiger partial charge >= 0.3 is 0 Å². The minimum absolute atomic E-state index is 0.338. The zero-order chi connectivity index (χ0) is 35.5. The van der Waals surface area contributed by atoms with Gasteiger partial charge in [0.1, 0.15) is 5.78 Å². The molecule has 0 amide bonds. The Morgan fingerprint density at radius 2 is 0.878 bits per heavy atom. The van der Waals surface area contributed by atoms with Crippen molar-refractivity contribution in [3.05, 3.63) is 48.6 Å². The summed E-state index contributed by atoms with van der Waals surface area (Å²) in [5.41, 5.74) is 0. The van der Waals surface area contributed by atoms with E-state index in [4.69, 9.17) is 0 Å². The van der Waals surface area contributed by atoms with E-state index in [0.717, 1.165) is 32.1 Å². The summed E-state index contributed by atoms with van der Waals surface area (Å²) in [6, 6.07) is 0.677. The molecule has 0 N–H and O–H groups in total. The van der Waals surface area contributed by atoms with E-state index >= 15 is 0 Å². The number of hydrogen-bond donors (Lipinski definition) is 0. The second-order valence-electron chi connectivity index (χ2n) is 15.8. The Balaban J connectivity index is 2.23. The van der Waals surface area contributed by atoms with E-state index in [0.29, 0.717) is 23.7 Å². The summed E-state index contributed by atoms with van der Waals surface area (Å²) in [6.07, 6.45) is 58.2. The van der Waals surface area contributed by atoms with Crippen LogP contribution in [-0.4, -0.2) is 30.8 Å². The molecule has 2 nitrogen and oxygen atoms in total. The molecule has 0 heterocycles. The lowest BCUT2D eigenvalue weighted by atomic mass is 9.79. The first-order chi connectivity index (χ1) is 24.1. The quantitative estimate of drug-likeness (QED) is 0.0498. The molecule has 284 valence electrons. The highest BCUT2D eigenvalue weighted by atomic mass is 16.1.